The number of benzene rings is 1. The van der Waals surface area contributed by atoms with Crippen molar-refractivity contribution >= 4 is 17.8 Å². The minimum absolute atomic E-state index is 0.283. The molecule has 1 aromatic heterocycles. The summed E-state index contributed by atoms with van der Waals surface area (Å²) in [6, 6.07) is 15.1. The predicted molar refractivity (Wildman–Crippen MR) is 88.7 cm³/mol. The zero-order valence-corrected chi connectivity index (χ0v) is 12.6. The van der Waals surface area contributed by atoms with Crippen LogP contribution in [0.25, 0.3) is 6.08 Å². The number of nitrogens with one attached hydrogen (secondary N) is 1. The van der Waals surface area contributed by atoms with Crippen LogP contribution in [0.5, 0.6) is 5.75 Å². The van der Waals surface area contributed by atoms with Crippen molar-refractivity contribution in [2.45, 2.75) is 12.8 Å². The van der Waals surface area contributed by atoms with Crippen molar-refractivity contribution in [2.24, 2.45) is 0 Å². The van der Waals surface area contributed by atoms with Gasteiger partial charge in [-0.3, -0.25) is 4.79 Å². The summed E-state index contributed by atoms with van der Waals surface area (Å²) in [5.74, 6) is 0.577. The van der Waals surface area contributed by atoms with Gasteiger partial charge in [0.2, 0.25) is 5.91 Å². The van der Waals surface area contributed by atoms with Gasteiger partial charge in [-0.25, -0.2) is 4.98 Å². The maximum Gasteiger partial charge on any atom is 0.249 e. The van der Waals surface area contributed by atoms with E-state index < -0.39 is 0 Å². The molecular weight excluding hydrogens is 290 g/mol. The van der Waals surface area contributed by atoms with E-state index in [1.807, 2.05) is 30.3 Å². The Kier molecular flexibility index (Phi) is 6.36. The van der Waals surface area contributed by atoms with Gasteiger partial charge in [-0.2, -0.15) is 5.26 Å². The summed E-state index contributed by atoms with van der Waals surface area (Å²) in [7, 11) is 0. The Balaban J connectivity index is 1.95. The van der Waals surface area contributed by atoms with Crippen LogP contribution in [0.1, 0.15) is 18.4 Å². The van der Waals surface area contributed by atoms with Crippen molar-refractivity contribution in [3.63, 3.8) is 0 Å². The maximum atomic E-state index is 12.0. The highest BCUT2D eigenvalue weighted by Crippen LogP contribution is 2.21. The Morgan fingerprint density at radius 2 is 2.09 bits per heavy atom. The first-order valence-electron chi connectivity index (χ1n) is 7.28. The van der Waals surface area contributed by atoms with Crippen molar-refractivity contribution in [1.29, 1.82) is 5.26 Å². The normalized spacial score (nSPS) is 10.2. The number of aromatic nitrogens is 1. The molecule has 5 nitrogen and oxygen atoms in total. The van der Waals surface area contributed by atoms with Gasteiger partial charge in [0.15, 0.2) is 11.6 Å². The van der Waals surface area contributed by atoms with Crippen molar-refractivity contribution in [3.8, 4) is 11.8 Å². The molecule has 2 aromatic rings. The van der Waals surface area contributed by atoms with Crippen LogP contribution < -0.4 is 10.1 Å². The monoisotopic (exact) mass is 307 g/mol. The summed E-state index contributed by atoms with van der Waals surface area (Å²) in [5.41, 5.74) is 0.941. The van der Waals surface area contributed by atoms with Crippen LogP contribution in [0.3, 0.4) is 0 Å². The highest BCUT2D eigenvalue weighted by molar-refractivity contribution is 6.02. The Bertz CT molecular complexity index is 706. The van der Waals surface area contributed by atoms with Gasteiger partial charge in [-0.15, -0.1) is 0 Å². The largest absolute Gasteiger partial charge is 0.490 e. The molecule has 0 saturated carbocycles. The molecule has 0 bridgehead atoms. The van der Waals surface area contributed by atoms with E-state index >= 15 is 0 Å². The SMILES string of the molecule is N#CCCCOc1cccnc1NC(=O)C=Cc1ccccc1. The molecule has 0 saturated heterocycles. The third-order valence-electron chi connectivity index (χ3n) is 2.93. The molecule has 5 heteroatoms. The fourth-order valence-electron chi connectivity index (χ4n) is 1.83. The van der Waals surface area contributed by atoms with Crippen LogP contribution in [0, 0.1) is 11.3 Å². The van der Waals surface area contributed by atoms with Crippen LogP contribution in [0.2, 0.25) is 0 Å². The second-order valence-corrected chi connectivity index (χ2v) is 4.69. The number of nitriles is 1. The quantitative estimate of drug-likeness (QED) is 0.628. The number of hydrogen-bond donors (Lipinski definition) is 1. The number of amides is 1. The lowest BCUT2D eigenvalue weighted by molar-refractivity contribution is -0.111. The Morgan fingerprint density at radius 3 is 2.87 bits per heavy atom. The van der Waals surface area contributed by atoms with Gasteiger partial charge in [0.05, 0.1) is 12.7 Å². The van der Waals surface area contributed by atoms with Gasteiger partial charge in [0.25, 0.3) is 0 Å². The molecule has 0 unspecified atom stereocenters. The second kappa shape index (κ2) is 9.00. The molecule has 1 amide bonds. The molecule has 23 heavy (non-hydrogen) atoms. The molecule has 1 aromatic carbocycles. The fourth-order valence-corrected chi connectivity index (χ4v) is 1.83. The topological polar surface area (TPSA) is 75.0 Å². The number of hydrogen-bond acceptors (Lipinski definition) is 4. The van der Waals surface area contributed by atoms with E-state index in [4.69, 9.17) is 10.00 Å². The summed E-state index contributed by atoms with van der Waals surface area (Å²) in [6.45, 7) is 0.405. The minimum Gasteiger partial charge on any atom is -0.490 e. The van der Waals surface area contributed by atoms with Crippen LogP contribution in [-0.4, -0.2) is 17.5 Å². The number of carbonyl (C=O) groups excluding carboxylic acids is 1. The molecule has 2 rings (SSSR count). The third-order valence-corrected chi connectivity index (χ3v) is 2.93. The highest BCUT2D eigenvalue weighted by atomic mass is 16.5. The lowest BCUT2D eigenvalue weighted by atomic mass is 10.2. The molecule has 0 aliphatic carbocycles. The first-order valence-corrected chi connectivity index (χ1v) is 7.28. The van der Waals surface area contributed by atoms with E-state index in [1.165, 1.54) is 6.08 Å². The highest BCUT2D eigenvalue weighted by Gasteiger charge is 2.06. The van der Waals surface area contributed by atoms with Gasteiger partial charge in [-0.1, -0.05) is 30.3 Å². The second-order valence-electron chi connectivity index (χ2n) is 4.69. The summed E-state index contributed by atoms with van der Waals surface area (Å²) in [6.07, 6.45) is 5.82. The Labute approximate surface area is 135 Å². The molecule has 0 aliphatic heterocycles. The van der Waals surface area contributed by atoms with Gasteiger partial charge in [0, 0.05) is 18.7 Å². The number of carbonyl (C=O) groups is 1. The molecule has 0 atom stereocenters. The maximum absolute atomic E-state index is 12.0. The van der Waals surface area contributed by atoms with E-state index in [1.54, 1.807) is 24.4 Å². The van der Waals surface area contributed by atoms with Crippen LogP contribution in [0.4, 0.5) is 5.82 Å². The van der Waals surface area contributed by atoms with Crippen LogP contribution in [-0.2, 0) is 4.79 Å². The number of rotatable bonds is 7. The number of nitrogens with zero attached hydrogens (tertiary/aromatic N) is 2. The van der Waals surface area contributed by atoms with Crippen LogP contribution >= 0.6 is 0 Å². The first kappa shape index (κ1) is 16.2. The van der Waals surface area contributed by atoms with Crippen molar-refractivity contribution in [3.05, 3.63) is 60.3 Å². The summed E-state index contributed by atoms with van der Waals surface area (Å²) < 4.78 is 5.55. The van der Waals surface area contributed by atoms with E-state index in [0.29, 0.717) is 31.0 Å². The molecule has 0 radical (unpaired) electrons. The standard InChI is InChI=1S/C18H17N3O2/c19-12-4-5-14-23-16-9-6-13-20-18(16)21-17(22)11-10-15-7-2-1-3-8-15/h1-3,6-11,13H,4-5,14H2,(H,20,21,22). The molecule has 0 aliphatic rings. The number of ether oxygens (including phenoxy) is 1. The van der Waals surface area contributed by atoms with Gasteiger partial charge in [0.1, 0.15) is 0 Å². The van der Waals surface area contributed by atoms with Gasteiger partial charge >= 0.3 is 0 Å². The van der Waals surface area contributed by atoms with Gasteiger partial charge in [-0.05, 0) is 30.2 Å². The zero-order chi connectivity index (χ0) is 16.3. The van der Waals surface area contributed by atoms with Gasteiger partial charge < -0.3 is 10.1 Å². The molecular formula is C18H17N3O2. The zero-order valence-electron chi connectivity index (χ0n) is 12.6. The van der Waals surface area contributed by atoms with Crippen molar-refractivity contribution < 1.29 is 9.53 Å². The number of unbranched alkanes of at least 4 members (excludes halogenated alkanes) is 1. The average molecular weight is 307 g/mol. The lowest BCUT2D eigenvalue weighted by Gasteiger charge is -2.09. The number of pyridine rings is 1. The Hall–Kier alpha value is -3.13. The first-order chi connectivity index (χ1) is 11.3. The smallest absolute Gasteiger partial charge is 0.249 e. The van der Waals surface area contributed by atoms with E-state index in [-0.39, 0.29) is 5.91 Å². The predicted octanol–water partition coefficient (Wildman–Crippen LogP) is 3.42. The van der Waals surface area contributed by atoms with Crippen molar-refractivity contribution in [1.82, 2.24) is 4.98 Å². The molecule has 1 N–H and O–H groups in total. The summed E-state index contributed by atoms with van der Waals surface area (Å²) in [4.78, 5) is 16.1. The lowest BCUT2D eigenvalue weighted by Crippen LogP contribution is -2.11. The number of anilines is 1. The van der Waals surface area contributed by atoms with E-state index in [2.05, 4.69) is 16.4 Å². The average Bonchev–Trinajstić information content (AvgIpc) is 2.59. The van der Waals surface area contributed by atoms with E-state index in [0.717, 1.165) is 5.56 Å². The summed E-state index contributed by atoms with van der Waals surface area (Å²) in [5, 5.41) is 11.2. The van der Waals surface area contributed by atoms with Crippen molar-refractivity contribution in [2.75, 3.05) is 11.9 Å². The molecule has 1 heterocycles. The third kappa shape index (κ3) is 5.64. The minimum atomic E-state index is -0.283. The molecule has 0 spiro atoms. The summed E-state index contributed by atoms with van der Waals surface area (Å²) >= 11 is 0. The molecule has 0 fully saturated rings. The molecule has 116 valence electrons. The fraction of sp³-hybridized carbons (Fsp3) is 0.167. The van der Waals surface area contributed by atoms with Crippen LogP contribution in [0.15, 0.2) is 54.7 Å². The Morgan fingerprint density at radius 1 is 1.26 bits per heavy atom. The van der Waals surface area contributed by atoms with E-state index in [9.17, 15) is 4.79 Å².